The van der Waals surface area contributed by atoms with Gasteiger partial charge in [-0.25, -0.2) is 0 Å². The van der Waals surface area contributed by atoms with Crippen molar-refractivity contribution in [2.24, 2.45) is 5.92 Å². The van der Waals surface area contributed by atoms with Crippen LogP contribution in [0.1, 0.15) is 34.1 Å². The van der Waals surface area contributed by atoms with Crippen molar-refractivity contribution in [2.45, 2.75) is 34.1 Å². The first-order chi connectivity index (χ1) is 8.97. The first-order valence-corrected chi connectivity index (χ1v) is 6.50. The number of allylic oxidation sites excluding steroid dienone is 7. The third-order valence-electron chi connectivity index (χ3n) is 2.46. The average Bonchev–Trinajstić information content (AvgIpc) is 2.41. The van der Waals surface area contributed by atoms with Crippen LogP contribution in [0.4, 0.5) is 0 Å². The summed E-state index contributed by atoms with van der Waals surface area (Å²) in [6.07, 6.45) is 7.56. The van der Waals surface area contributed by atoms with Crippen LogP contribution in [0.5, 0.6) is 0 Å². The van der Waals surface area contributed by atoms with Crippen LogP contribution in [0.25, 0.3) is 0 Å². The molecule has 106 valence electrons. The van der Waals surface area contributed by atoms with Gasteiger partial charge in [0.2, 0.25) is 0 Å². The van der Waals surface area contributed by atoms with Gasteiger partial charge >= 0.3 is 5.97 Å². The van der Waals surface area contributed by atoms with Gasteiger partial charge in [0.15, 0.2) is 0 Å². The zero-order chi connectivity index (χ0) is 15.4. The Morgan fingerprint density at radius 2 is 1.79 bits per heavy atom. The van der Waals surface area contributed by atoms with Crippen LogP contribution >= 0.6 is 0 Å². The molecule has 0 aliphatic heterocycles. The van der Waals surface area contributed by atoms with Gasteiger partial charge in [0.05, 0.1) is 5.92 Å². The first-order valence-electron chi connectivity index (χ1n) is 6.50. The largest absolute Gasteiger partial charge is 0.481 e. The van der Waals surface area contributed by atoms with E-state index in [1.54, 1.807) is 19.1 Å². The average molecular weight is 262 g/mol. The molecule has 0 aliphatic carbocycles. The van der Waals surface area contributed by atoms with Gasteiger partial charge in [-0.2, -0.15) is 0 Å². The molecule has 0 saturated carbocycles. The molecule has 0 aliphatic rings. The fourth-order valence-corrected chi connectivity index (χ4v) is 1.46. The van der Waals surface area contributed by atoms with Crippen LogP contribution in [0.3, 0.4) is 0 Å². The van der Waals surface area contributed by atoms with E-state index in [0.29, 0.717) is 6.42 Å². The van der Waals surface area contributed by atoms with Gasteiger partial charge in [0.1, 0.15) is 0 Å². The highest BCUT2D eigenvalue weighted by Gasteiger charge is 2.14. The molecule has 0 fully saturated rings. The molecule has 1 N–H and O–H groups in total. The molecule has 0 bridgehead atoms. The van der Waals surface area contributed by atoms with Gasteiger partial charge < -0.3 is 5.11 Å². The van der Waals surface area contributed by atoms with E-state index in [0.717, 1.165) is 16.7 Å². The van der Waals surface area contributed by atoms with E-state index in [4.69, 9.17) is 5.11 Å². The fraction of sp³-hybridized carbons (Fsp3) is 0.353. The van der Waals surface area contributed by atoms with E-state index in [1.165, 1.54) is 0 Å². The predicted molar refractivity (Wildman–Crippen MR) is 84.1 cm³/mol. The van der Waals surface area contributed by atoms with Crippen LogP contribution < -0.4 is 0 Å². The Labute approximate surface area is 117 Å². The van der Waals surface area contributed by atoms with Crippen molar-refractivity contribution in [3.63, 3.8) is 0 Å². The molecule has 0 aromatic rings. The van der Waals surface area contributed by atoms with Crippen molar-refractivity contribution in [1.82, 2.24) is 0 Å². The predicted octanol–water partition coefficient (Wildman–Crippen LogP) is 4.92. The lowest BCUT2D eigenvalue weighted by Gasteiger charge is -2.12. The molecule has 19 heavy (non-hydrogen) atoms. The summed E-state index contributed by atoms with van der Waals surface area (Å²) in [7, 11) is 0. The summed E-state index contributed by atoms with van der Waals surface area (Å²) in [5, 5.41) is 8.93. The number of hydrogen-bond donors (Lipinski definition) is 1. The van der Waals surface area contributed by atoms with Crippen LogP contribution in [0.2, 0.25) is 0 Å². The molecule has 0 heterocycles. The molecule has 2 heteroatoms. The summed E-state index contributed by atoms with van der Waals surface area (Å²) in [6, 6.07) is 0. The monoisotopic (exact) mass is 262 g/mol. The highest BCUT2D eigenvalue weighted by Crippen LogP contribution is 2.23. The van der Waals surface area contributed by atoms with Crippen molar-refractivity contribution in [3.8, 4) is 0 Å². The third kappa shape index (κ3) is 7.24. The minimum Gasteiger partial charge on any atom is -0.481 e. The minimum atomic E-state index is -0.806. The lowest BCUT2D eigenvalue weighted by atomic mass is 9.93. The van der Waals surface area contributed by atoms with Crippen molar-refractivity contribution in [1.29, 1.82) is 0 Å². The number of hydrogen-bond acceptors (Lipinski definition) is 1. The number of aliphatic carboxylic acids is 1. The van der Waals surface area contributed by atoms with Gasteiger partial charge in [-0.1, -0.05) is 64.8 Å². The highest BCUT2D eigenvalue weighted by atomic mass is 16.4. The van der Waals surface area contributed by atoms with Crippen molar-refractivity contribution in [2.75, 3.05) is 0 Å². The molecule has 0 rings (SSSR count). The third-order valence-corrected chi connectivity index (χ3v) is 2.46. The quantitative estimate of drug-likeness (QED) is 0.661. The topological polar surface area (TPSA) is 37.3 Å². The Morgan fingerprint density at radius 3 is 2.11 bits per heavy atom. The Bertz CT molecular complexity index is 384. The second kappa shape index (κ2) is 11.3. The number of carboxylic acids is 1. The van der Waals surface area contributed by atoms with E-state index >= 15 is 0 Å². The van der Waals surface area contributed by atoms with Crippen molar-refractivity contribution >= 4 is 5.97 Å². The van der Waals surface area contributed by atoms with Gasteiger partial charge in [0.25, 0.3) is 0 Å². The second-order valence-electron chi connectivity index (χ2n) is 3.82. The Morgan fingerprint density at radius 1 is 1.26 bits per heavy atom. The first kappa shape index (κ1) is 19.5. The van der Waals surface area contributed by atoms with Crippen LogP contribution in [0.15, 0.2) is 60.8 Å². The summed E-state index contributed by atoms with van der Waals surface area (Å²) in [5.41, 5.74) is 2.53. The highest BCUT2D eigenvalue weighted by molar-refractivity contribution is 5.70. The normalized spacial score (nSPS) is 12.8. The molecule has 0 amide bonds. The molecule has 1 atom stereocenters. The number of carbonyl (C=O) groups is 1. The van der Waals surface area contributed by atoms with Crippen LogP contribution in [-0.2, 0) is 4.79 Å². The summed E-state index contributed by atoms with van der Waals surface area (Å²) < 4.78 is 0. The summed E-state index contributed by atoms with van der Waals surface area (Å²) >= 11 is 0. The molecular weight excluding hydrogens is 236 g/mol. The lowest BCUT2D eigenvalue weighted by molar-refractivity contribution is -0.141. The number of carboxylic acid groups (broad SMARTS) is 1. The van der Waals surface area contributed by atoms with Crippen LogP contribution in [-0.4, -0.2) is 11.1 Å². The molecule has 0 aromatic carbocycles. The lowest BCUT2D eigenvalue weighted by Crippen LogP contribution is -2.10. The van der Waals surface area contributed by atoms with E-state index in [1.807, 2.05) is 32.9 Å². The van der Waals surface area contributed by atoms with Crippen LogP contribution in [0, 0.1) is 5.92 Å². The van der Waals surface area contributed by atoms with Gasteiger partial charge in [-0.3, -0.25) is 4.79 Å². The summed E-state index contributed by atoms with van der Waals surface area (Å²) in [6.45, 7) is 18.8. The van der Waals surface area contributed by atoms with E-state index in [9.17, 15) is 4.79 Å². The fourth-order valence-electron chi connectivity index (χ4n) is 1.46. The molecule has 0 aromatic heterocycles. The van der Waals surface area contributed by atoms with E-state index in [2.05, 4.69) is 19.7 Å². The maximum absolute atomic E-state index is 10.9. The van der Waals surface area contributed by atoms with Crippen molar-refractivity contribution < 1.29 is 9.90 Å². The Balaban J connectivity index is 0. The van der Waals surface area contributed by atoms with Gasteiger partial charge in [-0.15, -0.1) is 0 Å². The standard InChI is InChI=1S/C15H20O2.C2H6/c1-6-9-13(10-12(5)15(16)17)14(8-3)11(4)7-2;1-2/h6-9,12H,2-4,10H2,1,5H3,(H,16,17);1-2H3/b9-6-,14-13+;. The van der Waals surface area contributed by atoms with Crippen molar-refractivity contribution in [3.05, 3.63) is 60.8 Å². The Hall–Kier alpha value is -1.83. The zero-order valence-electron chi connectivity index (χ0n) is 12.6. The molecule has 0 radical (unpaired) electrons. The minimum absolute atomic E-state index is 0.436. The Kier molecular flexibility index (Phi) is 11.6. The van der Waals surface area contributed by atoms with E-state index < -0.39 is 11.9 Å². The maximum atomic E-state index is 10.9. The van der Waals surface area contributed by atoms with Gasteiger partial charge in [-0.05, 0) is 30.1 Å². The summed E-state index contributed by atoms with van der Waals surface area (Å²) in [5.74, 6) is -1.24. The molecule has 0 saturated heterocycles. The molecule has 1 unspecified atom stereocenters. The smallest absolute Gasteiger partial charge is 0.306 e. The molecular formula is C17H26O2. The molecule has 2 nitrogen and oxygen atoms in total. The SMILES string of the molecule is C=CC(=C)/C(C=C)=C(\C=C/C)CC(C)C(=O)O.CC. The summed E-state index contributed by atoms with van der Waals surface area (Å²) in [4.78, 5) is 10.9. The number of rotatable bonds is 7. The zero-order valence-corrected chi connectivity index (χ0v) is 12.6. The van der Waals surface area contributed by atoms with E-state index in [-0.39, 0.29) is 0 Å². The van der Waals surface area contributed by atoms with Gasteiger partial charge in [0, 0.05) is 0 Å². The second-order valence-corrected chi connectivity index (χ2v) is 3.82. The molecule has 0 spiro atoms. The maximum Gasteiger partial charge on any atom is 0.306 e.